The second-order valence-corrected chi connectivity index (χ2v) is 25.9. The third-order valence-electron chi connectivity index (χ3n) is 10.9. The van der Waals surface area contributed by atoms with Gasteiger partial charge in [0.25, 0.3) is 0 Å². The Hall–Kier alpha value is -5.09. The first-order chi connectivity index (χ1) is 34.4. The Labute approximate surface area is 434 Å². The molecular weight excluding hydrogens is 1050 g/mol. The van der Waals surface area contributed by atoms with Crippen molar-refractivity contribution < 1.29 is 67.9 Å². The fourth-order valence-electron chi connectivity index (χ4n) is 7.54. The molecule has 27 nitrogen and oxygen atoms in total. The number of nitrogens with zero attached hydrogens (tertiary/aromatic N) is 4. The Bertz CT molecular complexity index is 2610. The molecule has 4 atom stereocenters. The number of aromatic hydroxyl groups is 2. The summed E-state index contributed by atoms with van der Waals surface area (Å²) in [4.78, 5) is 65.0. The molecule has 0 fully saturated rings. The Morgan fingerprint density at radius 2 is 0.905 bits per heavy atom. The van der Waals surface area contributed by atoms with Gasteiger partial charge in [-0.3, -0.25) is 24.0 Å². The fourth-order valence-corrected chi connectivity index (χ4v) is 11.8. The van der Waals surface area contributed by atoms with Crippen LogP contribution in [0, 0.1) is 0 Å². The summed E-state index contributed by atoms with van der Waals surface area (Å²) in [7, 11) is -16.9. The standard InChI is InChI=1S/C43H74N12O15S4/c1-31(23-52(27-40(47)59)71(3,63)64)48-41(60)29-55(74(69,70)20-18-46)26-37(22-34-10-14-39(58)15-11-34)51-43(62)30-54(73(67,68)19-17-45)24-35(7-5-6-16-44)50-42(61)28-53(72(4,65)66)25-36(49-32(2)56)21-33-8-12-38(57)13-9-33/h8-15,31,35-37,57-58H,5-7,16-30,44-46H2,1-4H3,(H2,47,59)(H,48,60)(H,49,56)(H,50,61)(H,51,62)/t31-,35-,36-,37-/m0/s1. The van der Waals surface area contributed by atoms with Crippen LogP contribution in [0.3, 0.4) is 0 Å². The van der Waals surface area contributed by atoms with Crippen LogP contribution in [0.5, 0.6) is 11.5 Å². The lowest BCUT2D eigenvalue weighted by atomic mass is 10.1. The highest BCUT2D eigenvalue weighted by atomic mass is 32.2. The Kier molecular flexibility index (Phi) is 26.8. The fraction of sp³-hybridized carbons (Fsp3) is 0.605. The maximum atomic E-state index is 14.1. The molecule has 0 spiro atoms. The smallest absolute Gasteiger partial charge is 0.235 e. The van der Waals surface area contributed by atoms with Gasteiger partial charge in [-0.1, -0.05) is 30.7 Å². The van der Waals surface area contributed by atoms with Crippen LogP contribution in [0.15, 0.2) is 48.5 Å². The van der Waals surface area contributed by atoms with Gasteiger partial charge in [0.2, 0.25) is 69.6 Å². The number of hydrogen-bond acceptors (Lipinski definition) is 18. The summed E-state index contributed by atoms with van der Waals surface area (Å²) in [6, 6.07) is 7.56. The normalized spacial score (nSPS) is 14.1. The highest BCUT2D eigenvalue weighted by Gasteiger charge is 2.33. The third-order valence-corrected chi connectivity index (χ3v) is 17.0. The van der Waals surface area contributed by atoms with Gasteiger partial charge in [0, 0.05) is 70.4 Å². The Morgan fingerprint density at radius 3 is 1.31 bits per heavy atom. The highest BCUT2D eigenvalue weighted by Crippen LogP contribution is 2.16. The average Bonchev–Trinajstić information content (AvgIpc) is 3.26. The summed E-state index contributed by atoms with van der Waals surface area (Å²) in [5, 5.41) is 30.2. The van der Waals surface area contributed by atoms with Crippen molar-refractivity contribution in [1.82, 2.24) is 38.5 Å². The van der Waals surface area contributed by atoms with Crippen molar-refractivity contribution in [3.8, 4) is 11.5 Å². The van der Waals surface area contributed by atoms with Gasteiger partial charge in [-0.15, -0.1) is 0 Å². The lowest BCUT2D eigenvalue weighted by molar-refractivity contribution is -0.123. The molecule has 0 heterocycles. The van der Waals surface area contributed by atoms with E-state index in [4.69, 9.17) is 22.9 Å². The van der Waals surface area contributed by atoms with Crippen molar-refractivity contribution in [2.45, 2.75) is 70.1 Å². The first-order valence-corrected chi connectivity index (χ1v) is 30.2. The number of phenols is 2. The molecule has 0 aliphatic rings. The number of carbonyl (C=O) groups is 5. The van der Waals surface area contributed by atoms with Gasteiger partial charge in [0.1, 0.15) is 11.5 Å². The maximum absolute atomic E-state index is 14.1. The SMILES string of the molecule is CC(=O)N[C@@H](Cc1ccc(O)cc1)CN(CC(=O)N[C@@H](CCCCN)CN(CC(=O)N[C@@H](Cc1ccc(O)cc1)CN(CC(=O)N[C@@H](C)CN(CC(N)=O)S(C)(=O)=O)S(=O)(=O)CCN)S(=O)(=O)CCN)S(C)(=O)=O. The predicted octanol–water partition coefficient (Wildman–Crippen LogP) is -4.82. The van der Waals surface area contributed by atoms with Crippen LogP contribution in [-0.2, 0) is 76.9 Å². The van der Waals surface area contributed by atoms with E-state index in [0.29, 0.717) is 24.0 Å². The first-order valence-electron chi connectivity index (χ1n) is 23.3. The lowest BCUT2D eigenvalue weighted by Crippen LogP contribution is -2.55. The molecule has 420 valence electrons. The van der Waals surface area contributed by atoms with Gasteiger partial charge in [0.15, 0.2) is 0 Å². The number of phenolic OH excluding ortho intramolecular Hbond substituents is 2. The second-order valence-electron chi connectivity index (χ2n) is 17.8. The van der Waals surface area contributed by atoms with Crippen LogP contribution < -0.4 is 44.2 Å². The van der Waals surface area contributed by atoms with E-state index in [1.807, 2.05) is 0 Å². The summed E-state index contributed by atoms with van der Waals surface area (Å²) in [6.45, 7) is -3.04. The number of nitrogens with one attached hydrogen (secondary N) is 4. The van der Waals surface area contributed by atoms with Crippen molar-refractivity contribution in [1.29, 1.82) is 0 Å². The molecule has 0 aliphatic carbocycles. The molecule has 2 rings (SSSR count). The van der Waals surface area contributed by atoms with E-state index in [9.17, 15) is 67.9 Å². The molecule has 0 unspecified atom stereocenters. The molecule has 14 N–H and O–H groups in total. The number of amides is 5. The van der Waals surface area contributed by atoms with Gasteiger partial charge in [-0.25, -0.2) is 33.7 Å². The highest BCUT2D eigenvalue weighted by molar-refractivity contribution is 7.89. The maximum Gasteiger partial charge on any atom is 0.235 e. The van der Waals surface area contributed by atoms with Gasteiger partial charge in [0.05, 0.1) is 50.2 Å². The van der Waals surface area contributed by atoms with E-state index < -0.39 is 151 Å². The number of unbranched alkanes of at least 4 members (excludes halogenated alkanes) is 1. The minimum Gasteiger partial charge on any atom is -0.508 e. The summed E-state index contributed by atoms with van der Waals surface area (Å²) in [5.74, 6) is -5.62. The monoisotopic (exact) mass is 1130 g/mol. The van der Waals surface area contributed by atoms with Crippen LogP contribution in [0.4, 0.5) is 0 Å². The molecule has 0 radical (unpaired) electrons. The van der Waals surface area contributed by atoms with Gasteiger partial charge < -0.3 is 54.4 Å². The van der Waals surface area contributed by atoms with Crippen molar-refractivity contribution >= 4 is 69.6 Å². The van der Waals surface area contributed by atoms with Gasteiger partial charge in [-0.05, 0) is 74.5 Å². The minimum absolute atomic E-state index is 0.0144. The number of rotatable bonds is 36. The van der Waals surface area contributed by atoms with Crippen LogP contribution in [-0.4, -0.2) is 211 Å². The molecule has 0 saturated heterocycles. The summed E-state index contributed by atoms with van der Waals surface area (Å²) < 4.78 is 109. The van der Waals surface area contributed by atoms with Crippen molar-refractivity contribution in [3.63, 3.8) is 0 Å². The molecule has 0 aromatic heterocycles. The number of benzene rings is 2. The zero-order valence-corrected chi connectivity index (χ0v) is 45.4. The van der Waals surface area contributed by atoms with Crippen molar-refractivity contribution in [3.05, 3.63) is 59.7 Å². The Balaban J connectivity index is 2.50. The molecule has 74 heavy (non-hydrogen) atoms. The van der Waals surface area contributed by atoms with Gasteiger partial charge in [-0.2, -0.15) is 17.2 Å². The molecule has 0 aliphatic heterocycles. The summed E-state index contributed by atoms with van der Waals surface area (Å²) in [5.41, 5.74) is 23.3. The van der Waals surface area contributed by atoms with E-state index in [2.05, 4.69) is 21.3 Å². The lowest BCUT2D eigenvalue weighted by Gasteiger charge is -2.31. The van der Waals surface area contributed by atoms with Crippen LogP contribution in [0.2, 0.25) is 0 Å². The van der Waals surface area contributed by atoms with Gasteiger partial charge >= 0.3 is 0 Å². The van der Waals surface area contributed by atoms with Crippen LogP contribution >= 0.6 is 0 Å². The average molecular weight is 1130 g/mol. The first kappa shape index (κ1) is 65.0. The number of nitrogens with two attached hydrogens (primary N) is 4. The Morgan fingerprint density at radius 1 is 0.527 bits per heavy atom. The van der Waals surface area contributed by atoms with Crippen molar-refractivity contribution in [2.75, 3.05) is 96.0 Å². The quantitative estimate of drug-likeness (QED) is 0.0286. The molecular formula is C43H74N12O15S4. The molecule has 2 aromatic rings. The van der Waals surface area contributed by atoms with E-state index in [1.165, 1.54) is 50.2 Å². The van der Waals surface area contributed by atoms with E-state index >= 15 is 0 Å². The minimum atomic E-state index is -4.40. The van der Waals surface area contributed by atoms with Crippen molar-refractivity contribution in [2.24, 2.45) is 22.9 Å². The topological polar surface area (TPSA) is 428 Å². The number of sulfonamides is 4. The number of primary amides is 1. The molecule has 31 heteroatoms. The third kappa shape index (κ3) is 25.0. The van der Waals surface area contributed by atoms with E-state index in [0.717, 1.165) is 29.7 Å². The number of hydrogen-bond donors (Lipinski definition) is 10. The molecule has 0 saturated carbocycles. The summed E-state index contributed by atoms with van der Waals surface area (Å²) >= 11 is 0. The predicted molar refractivity (Wildman–Crippen MR) is 276 cm³/mol. The zero-order valence-electron chi connectivity index (χ0n) is 42.1. The zero-order chi connectivity index (χ0) is 56.0. The molecule has 2 aromatic carbocycles. The number of carbonyl (C=O) groups excluding carboxylic acids is 5. The van der Waals surface area contributed by atoms with E-state index in [1.54, 1.807) is 12.1 Å². The summed E-state index contributed by atoms with van der Waals surface area (Å²) in [6.07, 6.45) is 2.56. The largest absolute Gasteiger partial charge is 0.508 e. The van der Waals surface area contributed by atoms with Crippen LogP contribution in [0.25, 0.3) is 0 Å². The van der Waals surface area contributed by atoms with E-state index in [-0.39, 0.29) is 56.9 Å². The second kappa shape index (κ2) is 30.5. The molecule has 0 bridgehead atoms. The molecule has 5 amide bonds. The van der Waals surface area contributed by atoms with Crippen LogP contribution in [0.1, 0.15) is 44.2 Å².